The predicted molar refractivity (Wildman–Crippen MR) is 85.2 cm³/mol. The zero-order valence-electron chi connectivity index (χ0n) is 11.7. The summed E-state index contributed by atoms with van der Waals surface area (Å²) in [5.41, 5.74) is 1.30. The van der Waals surface area contributed by atoms with E-state index >= 15 is 0 Å². The first kappa shape index (κ1) is 14.6. The normalized spacial score (nSPS) is 10.2. The molecular weight excluding hydrogens is 266 g/mol. The van der Waals surface area contributed by atoms with Gasteiger partial charge < -0.3 is 10.1 Å². The van der Waals surface area contributed by atoms with Crippen molar-refractivity contribution >= 4 is 11.3 Å². The minimum Gasteiger partial charge on any atom is -0.481 e. The van der Waals surface area contributed by atoms with Crippen molar-refractivity contribution in [1.29, 1.82) is 0 Å². The third-order valence-corrected chi connectivity index (χ3v) is 3.93. The molecule has 0 atom stereocenters. The van der Waals surface area contributed by atoms with E-state index in [0.717, 1.165) is 25.3 Å². The first-order valence-electron chi connectivity index (χ1n) is 6.69. The molecular formula is C17H19NOS. The van der Waals surface area contributed by atoms with Gasteiger partial charge in [0.1, 0.15) is 12.4 Å². The highest BCUT2D eigenvalue weighted by Crippen LogP contribution is 2.15. The molecule has 104 valence electrons. The lowest BCUT2D eigenvalue weighted by atomic mass is 10.1. The van der Waals surface area contributed by atoms with E-state index in [9.17, 15) is 0 Å². The van der Waals surface area contributed by atoms with Crippen LogP contribution < -0.4 is 10.1 Å². The van der Waals surface area contributed by atoms with Crippen LogP contribution in [0.15, 0.2) is 36.4 Å². The summed E-state index contributed by atoms with van der Waals surface area (Å²) in [4.78, 5) is 2.75. The lowest BCUT2D eigenvalue weighted by Gasteiger charge is -2.05. The average Bonchev–Trinajstić information content (AvgIpc) is 2.88. The van der Waals surface area contributed by atoms with Crippen LogP contribution in [0.2, 0.25) is 0 Å². The Morgan fingerprint density at radius 1 is 1.20 bits per heavy atom. The van der Waals surface area contributed by atoms with Crippen molar-refractivity contribution in [2.75, 3.05) is 13.2 Å². The van der Waals surface area contributed by atoms with E-state index < -0.39 is 0 Å². The third kappa shape index (κ3) is 4.73. The van der Waals surface area contributed by atoms with Crippen LogP contribution in [0.5, 0.6) is 5.75 Å². The van der Waals surface area contributed by atoms with Crippen LogP contribution in [0.25, 0.3) is 0 Å². The van der Waals surface area contributed by atoms with E-state index in [1.54, 1.807) is 0 Å². The van der Waals surface area contributed by atoms with Crippen LogP contribution in [-0.2, 0) is 13.0 Å². The van der Waals surface area contributed by atoms with Crippen LogP contribution in [-0.4, -0.2) is 13.2 Å². The maximum absolute atomic E-state index is 5.35. The van der Waals surface area contributed by atoms with Crippen LogP contribution >= 0.6 is 11.3 Å². The molecule has 0 aliphatic rings. The molecule has 1 N–H and O–H groups in total. The summed E-state index contributed by atoms with van der Waals surface area (Å²) in [5.74, 6) is 3.29. The number of hydrogen-bond donors (Lipinski definition) is 1. The average molecular weight is 285 g/mol. The first-order valence-corrected chi connectivity index (χ1v) is 7.51. The molecule has 0 unspecified atom stereocenters. The molecule has 2 aromatic rings. The number of hydrogen-bond acceptors (Lipinski definition) is 3. The van der Waals surface area contributed by atoms with Crippen LogP contribution in [0, 0.1) is 19.3 Å². The zero-order chi connectivity index (χ0) is 14.2. The molecule has 20 heavy (non-hydrogen) atoms. The van der Waals surface area contributed by atoms with E-state index in [4.69, 9.17) is 11.2 Å². The van der Waals surface area contributed by atoms with Crippen molar-refractivity contribution in [2.24, 2.45) is 0 Å². The molecule has 0 aliphatic carbocycles. The van der Waals surface area contributed by atoms with Gasteiger partial charge >= 0.3 is 0 Å². The molecule has 0 radical (unpaired) electrons. The molecule has 3 heteroatoms. The number of aryl methyl sites for hydroxylation is 1. The fourth-order valence-corrected chi connectivity index (χ4v) is 2.76. The molecule has 0 spiro atoms. The van der Waals surface area contributed by atoms with Crippen molar-refractivity contribution in [3.05, 3.63) is 51.7 Å². The number of thiophene rings is 1. The monoisotopic (exact) mass is 285 g/mol. The maximum atomic E-state index is 5.35. The van der Waals surface area contributed by atoms with Crippen LogP contribution in [0.1, 0.15) is 15.3 Å². The van der Waals surface area contributed by atoms with Gasteiger partial charge in [-0.3, -0.25) is 0 Å². The predicted octanol–water partition coefficient (Wildman–Crippen LogP) is 3.40. The summed E-state index contributed by atoms with van der Waals surface area (Å²) >= 11 is 1.85. The SMILES string of the molecule is C#CCOc1ccc(CCNCc2ccc(C)s2)cc1. The standard InChI is InChI=1S/C17H19NOS/c1-3-12-19-16-7-5-15(6-8-16)10-11-18-13-17-9-4-14(2)20-17/h1,4-9,18H,10-13H2,2H3. The summed E-state index contributed by atoms with van der Waals surface area (Å²) in [6.07, 6.45) is 6.17. The molecule has 0 saturated carbocycles. The first-order chi connectivity index (χ1) is 9.78. The Hall–Kier alpha value is -1.76. The van der Waals surface area contributed by atoms with E-state index in [-0.39, 0.29) is 0 Å². The second-order valence-electron chi connectivity index (χ2n) is 4.58. The van der Waals surface area contributed by atoms with E-state index in [1.165, 1.54) is 15.3 Å². The van der Waals surface area contributed by atoms with E-state index in [0.29, 0.717) is 6.61 Å². The number of ether oxygens (including phenoxy) is 1. The fourth-order valence-electron chi connectivity index (χ4n) is 1.90. The molecule has 2 rings (SSSR count). The Balaban J connectivity index is 1.70. The summed E-state index contributed by atoms with van der Waals surface area (Å²) in [6, 6.07) is 12.5. The number of rotatable bonds is 7. The van der Waals surface area contributed by atoms with Gasteiger partial charge in [-0.05, 0) is 49.7 Å². The minimum absolute atomic E-state index is 0.321. The van der Waals surface area contributed by atoms with Gasteiger partial charge in [0.25, 0.3) is 0 Å². The highest BCUT2D eigenvalue weighted by atomic mass is 32.1. The second-order valence-corrected chi connectivity index (χ2v) is 5.95. The Morgan fingerprint density at radius 3 is 2.65 bits per heavy atom. The van der Waals surface area contributed by atoms with E-state index in [1.807, 2.05) is 23.5 Å². The smallest absolute Gasteiger partial charge is 0.148 e. The highest BCUT2D eigenvalue weighted by Gasteiger charge is 1.98. The van der Waals surface area contributed by atoms with E-state index in [2.05, 4.69) is 42.4 Å². The molecule has 0 aliphatic heterocycles. The second kappa shape index (κ2) is 7.74. The molecule has 1 aromatic carbocycles. The van der Waals surface area contributed by atoms with Gasteiger partial charge in [-0.2, -0.15) is 0 Å². The third-order valence-electron chi connectivity index (χ3n) is 2.93. The van der Waals surface area contributed by atoms with Crippen molar-refractivity contribution in [3.63, 3.8) is 0 Å². The minimum atomic E-state index is 0.321. The summed E-state index contributed by atoms with van der Waals surface area (Å²) in [7, 11) is 0. The Morgan fingerprint density at radius 2 is 2.00 bits per heavy atom. The highest BCUT2D eigenvalue weighted by molar-refractivity contribution is 7.11. The Kier molecular flexibility index (Phi) is 5.67. The Bertz CT molecular complexity index is 565. The number of nitrogens with one attached hydrogen (secondary N) is 1. The van der Waals surface area contributed by atoms with Crippen molar-refractivity contribution < 1.29 is 4.74 Å². The van der Waals surface area contributed by atoms with Gasteiger partial charge in [0.2, 0.25) is 0 Å². The van der Waals surface area contributed by atoms with Gasteiger partial charge in [-0.25, -0.2) is 0 Å². The fraction of sp³-hybridized carbons (Fsp3) is 0.294. The summed E-state index contributed by atoms with van der Waals surface area (Å²) < 4.78 is 5.35. The Labute approximate surface area is 124 Å². The summed E-state index contributed by atoms with van der Waals surface area (Å²) in [6.45, 7) is 4.38. The van der Waals surface area contributed by atoms with Crippen LogP contribution in [0.3, 0.4) is 0 Å². The topological polar surface area (TPSA) is 21.3 Å². The van der Waals surface area contributed by atoms with Gasteiger partial charge in [-0.1, -0.05) is 18.1 Å². The molecule has 1 heterocycles. The van der Waals surface area contributed by atoms with Crippen molar-refractivity contribution in [3.8, 4) is 18.1 Å². The molecule has 1 aromatic heterocycles. The zero-order valence-corrected chi connectivity index (χ0v) is 12.5. The lowest BCUT2D eigenvalue weighted by molar-refractivity contribution is 0.370. The molecule has 0 amide bonds. The molecule has 2 nitrogen and oxygen atoms in total. The lowest BCUT2D eigenvalue weighted by Crippen LogP contribution is -2.15. The van der Waals surface area contributed by atoms with Crippen molar-refractivity contribution in [2.45, 2.75) is 19.9 Å². The number of benzene rings is 1. The number of terminal acetylenes is 1. The van der Waals surface area contributed by atoms with Crippen molar-refractivity contribution in [1.82, 2.24) is 5.32 Å². The van der Waals surface area contributed by atoms with Gasteiger partial charge in [0.05, 0.1) is 0 Å². The molecule has 0 saturated heterocycles. The van der Waals surface area contributed by atoms with Gasteiger partial charge in [0.15, 0.2) is 0 Å². The van der Waals surface area contributed by atoms with Crippen LogP contribution in [0.4, 0.5) is 0 Å². The quantitative estimate of drug-likeness (QED) is 0.622. The van der Waals surface area contributed by atoms with Gasteiger partial charge in [0, 0.05) is 16.3 Å². The summed E-state index contributed by atoms with van der Waals surface area (Å²) in [5, 5.41) is 3.47. The molecule has 0 fully saturated rings. The largest absolute Gasteiger partial charge is 0.481 e. The van der Waals surface area contributed by atoms with Gasteiger partial charge in [-0.15, -0.1) is 17.8 Å². The maximum Gasteiger partial charge on any atom is 0.148 e. The molecule has 0 bridgehead atoms.